The molecule has 2 amide bonds. The molecule has 1 aromatic carbocycles. The normalized spacial score (nSPS) is 17.6. The Morgan fingerprint density at radius 3 is 2.61 bits per heavy atom. The van der Waals surface area contributed by atoms with Crippen LogP contribution in [0.3, 0.4) is 0 Å². The molecular formula is C20H21ClFN3O3. The molecule has 28 heavy (non-hydrogen) atoms. The third kappa shape index (κ3) is 3.63. The van der Waals surface area contributed by atoms with Crippen LogP contribution in [0.15, 0.2) is 22.7 Å². The number of amides is 2. The highest BCUT2D eigenvalue weighted by atomic mass is 35.5. The van der Waals surface area contributed by atoms with Crippen molar-refractivity contribution in [2.24, 2.45) is 5.92 Å². The number of aryl methyl sites for hydroxylation is 1. The first-order chi connectivity index (χ1) is 13.5. The van der Waals surface area contributed by atoms with Gasteiger partial charge in [-0.15, -0.1) is 0 Å². The summed E-state index contributed by atoms with van der Waals surface area (Å²) in [5.41, 5.74) is 0.415. The van der Waals surface area contributed by atoms with Crippen molar-refractivity contribution >= 4 is 23.4 Å². The number of halogens is 2. The van der Waals surface area contributed by atoms with Gasteiger partial charge in [0.25, 0.3) is 5.91 Å². The summed E-state index contributed by atoms with van der Waals surface area (Å²) in [5, 5.41) is 7.13. The Morgan fingerprint density at radius 2 is 1.96 bits per heavy atom. The maximum absolute atomic E-state index is 14.3. The van der Waals surface area contributed by atoms with Crippen molar-refractivity contribution in [1.82, 2.24) is 15.4 Å². The first-order valence-electron chi connectivity index (χ1n) is 9.46. The van der Waals surface area contributed by atoms with Crippen LogP contribution in [0.25, 0.3) is 11.3 Å². The Kier molecular flexibility index (Phi) is 5.10. The molecule has 1 saturated heterocycles. The Bertz CT molecular complexity index is 897. The molecule has 0 unspecified atom stereocenters. The van der Waals surface area contributed by atoms with Crippen LogP contribution in [0.5, 0.6) is 0 Å². The number of rotatable bonds is 4. The maximum atomic E-state index is 14.3. The van der Waals surface area contributed by atoms with Gasteiger partial charge in [0.05, 0.1) is 10.6 Å². The Hall–Kier alpha value is -2.41. The SMILES string of the molecule is Cc1onc(-c2c(F)cccc2Cl)c1C(=O)N1CCC(NC(=O)C2CC2)CC1. The van der Waals surface area contributed by atoms with E-state index in [-0.39, 0.29) is 45.6 Å². The number of hydrogen-bond acceptors (Lipinski definition) is 4. The molecule has 2 aliphatic rings. The molecule has 148 valence electrons. The molecule has 1 aliphatic carbocycles. The van der Waals surface area contributed by atoms with Crippen molar-refractivity contribution in [2.75, 3.05) is 13.1 Å². The van der Waals surface area contributed by atoms with Gasteiger partial charge in [0.15, 0.2) is 0 Å². The molecule has 0 radical (unpaired) electrons. The summed E-state index contributed by atoms with van der Waals surface area (Å²) in [6.45, 7) is 2.63. The van der Waals surface area contributed by atoms with Gasteiger partial charge in [-0.2, -0.15) is 0 Å². The molecule has 1 saturated carbocycles. The molecule has 0 spiro atoms. The van der Waals surface area contributed by atoms with Crippen molar-refractivity contribution in [1.29, 1.82) is 0 Å². The number of benzene rings is 1. The van der Waals surface area contributed by atoms with Gasteiger partial charge >= 0.3 is 0 Å². The van der Waals surface area contributed by atoms with Crippen molar-refractivity contribution < 1.29 is 18.5 Å². The third-order valence-corrected chi connectivity index (χ3v) is 5.67. The number of likely N-dealkylation sites (tertiary alicyclic amines) is 1. The van der Waals surface area contributed by atoms with E-state index in [0.717, 1.165) is 12.8 Å². The number of carbonyl (C=O) groups is 2. The molecule has 2 aromatic rings. The minimum atomic E-state index is -0.559. The first-order valence-corrected chi connectivity index (χ1v) is 9.83. The lowest BCUT2D eigenvalue weighted by atomic mass is 10.0. The second-order valence-corrected chi connectivity index (χ2v) is 7.82. The predicted octanol–water partition coefficient (Wildman–Crippen LogP) is 3.57. The number of nitrogens with zero attached hydrogens (tertiary/aromatic N) is 2. The van der Waals surface area contributed by atoms with Crippen molar-refractivity contribution in [3.05, 3.63) is 40.4 Å². The van der Waals surface area contributed by atoms with E-state index >= 15 is 0 Å². The lowest BCUT2D eigenvalue weighted by Crippen LogP contribution is -2.47. The molecule has 1 N–H and O–H groups in total. The summed E-state index contributed by atoms with van der Waals surface area (Å²) in [5.74, 6) is -0.205. The van der Waals surface area contributed by atoms with Crippen LogP contribution in [-0.4, -0.2) is 41.0 Å². The van der Waals surface area contributed by atoms with Crippen molar-refractivity contribution in [3.63, 3.8) is 0 Å². The molecule has 0 bridgehead atoms. The number of piperidine rings is 1. The van der Waals surface area contributed by atoms with E-state index in [9.17, 15) is 14.0 Å². The van der Waals surface area contributed by atoms with E-state index in [1.54, 1.807) is 17.9 Å². The highest BCUT2D eigenvalue weighted by Crippen LogP contribution is 2.34. The van der Waals surface area contributed by atoms with Crippen LogP contribution in [-0.2, 0) is 4.79 Å². The van der Waals surface area contributed by atoms with Gasteiger partial charge in [-0.25, -0.2) is 4.39 Å². The Labute approximate surface area is 167 Å². The molecule has 1 aromatic heterocycles. The lowest BCUT2D eigenvalue weighted by molar-refractivity contribution is -0.123. The summed E-state index contributed by atoms with van der Waals surface area (Å²) < 4.78 is 19.5. The van der Waals surface area contributed by atoms with Crippen molar-refractivity contribution in [2.45, 2.75) is 38.6 Å². The number of hydrogen-bond donors (Lipinski definition) is 1. The van der Waals surface area contributed by atoms with Crippen molar-refractivity contribution in [3.8, 4) is 11.3 Å². The van der Waals surface area contributed by atoms with Gasteiger partial charge in [0, 0.05) is 25.0 Å². The van der Waals surface area contributed by atoms with E-state index < -0.39 is 5.82 Å². The molecule has 1 aliphatic heterocycles. The zero-order valence-electron chi connectivity index (χ0n) is 15.5. The topological polar surface area (TPSA) is 75.4 Å². The summed E-state index contributed by atoms with van der Waals surface area (Å²) in [4.78, 5) is 26.7. The molecule has 4 rings (SSSR count). The van der Waals surface area contributed by atoms with Crippen LogP contribution < -0.4 is 5.32 Å². The second kappa shape index (κ2) is 7.54. The van der Waals surface area contributed by atoms with E-state index in [1.807, 2.05) is 0 Å². The maximum Gasteiger partial charge on any atom is 0.259 e. The lowest BCUT2D eigenvalue weighted by Gasteiger charge is -2.32. The molecule has 6 nitrogen and oxygen atoms in total. The zero-order chi connectivity index (χ0) is 19.8. The average molecular weight is 406 g/mol. The average Bonchev–Trinajstić information content (AvgIpc) is 3.45. The quantitative estimate of drug-likeness (QED) is 0.843. The van der Waals surface area contributed by atoms with Gasteiger partial charge in [0.2, 0.25) is 5.91 Å². The molecular weight excluding hydrogens is 385 g/mol. The minimum Gasteiger partial charge on any atom is -0.360 e. The monoisotopic (exact) mass is 405 g/mol. The van der Waals surface area contributed by atoms with Gasteiger partial charge in [0.1, 0.15) is 22.8 Å². The van der Waals surface area contributed by atoms with Gasteiger partial charge in [-0.1, -0.05) is 22.8 Å². The number of nitrogens with one attached hydrogen (secondary N) is 1. The van der Waals surface area contributed by atoms with Crippen LogP contribution in [0, 0.1) is 18.7 Å². The second-order valence-electron chi connectivity index (χ2n) is 7.41. The summed E-state index contributed by atoms with van der Waals surface area (Å²) >= 11 is 6.15. The minimum absolute atomic E-state index is 0.0657. The Balaban J connectivity index is 1.50. The smallest absolute Gasteiger partial charge is 0.259 e. The van der Waals surface area contributed by atoms with E-state index in [2.05, 4.69) is 10.5 Å². The van der Waals surface area contributed by atoms with Crippen LogP contribution in [0.1, 0.15) is 41.8 Å². The third-order valence-electron chi connectivity index (χ3n) is 5.35. The standard InChI is InChI=1S/C20H21ClFN3O3/c1-11-16(18(24-28-11)17-14(21)3-2-4-15(17)22)20(27)25-9-7-13(8-10-25)23-19(26)12-5-6-12/h2-4,12-13H,5-10H2,1H3,(H,23,26). The summed E-state index contributed by atoms with van der Waals surface area (Å²) in [7, 11) is 0. The fraction of sp³-hybridized carbons (Fsp3) is 0.450. The van der Waals surface area contributed by atoms with Gasteiger partial charge in [-0.05, 0) is 44.7 Å². The summed E-state index contributed by atoms with van der Waals surface area (Å²) in [6.07, 6.45) is 3.31. The highest BCUT2D eigenvalue weighted by molar-refractivity contribution is 6.33. The van der Waals surface area contributed by atoms with Crippen LogP contribution in [0.4, 0.5) is 4.39 Å². The van der Waals surface area contributed by atoms with Gasteiger partial charge < -0.3 is 14.7 Å². The fourth-order valence-electron chi connectivity index (χ4n) is 3.57. The van der Waals surface area contributed by atoms with E-state index in [1.165, 1.54) is 12.1 Å². The fourth-order valence-corrected chi connectivity index (χ4v) is 3.82. The largest absolute Gasteiger partial charge is 0.360 e. The highest BCUT2D eigenvalue weighted by Gasteiger charge is 2.34. The number of carbonyl (C=O) groups excluding carboxylic acids is 2. The molecule has 8 heteroatoms. The molecule has 0 atom stereocenters. The number of aromatic nitrogens is 1. The molecule has 2 heterocycles. The zero-order valence-corrected chi connectivity index (χ0v) is 16.3. The van der Waals surface area contributed by atoms with Gasteiger partial charge in [-0.3, -0.25) is 9.59 Å². The van der Waals surface area contributed by atoms with Crippen LogP contribution >= 0.6 is 11.6 Å². The predicted molar refractivity (Wildman–Crippen MR) is 101 cm³/mol. The van der Waals surface area contributed by atoms with E-state index in [0.29, 0.717) is 31.7 Å². The first kappa shape index (κ1) is 18.9. The molecule has 2 fully saturated rings. The van der Waals surface area contributed by atoms with E-state index in [4.69, 9.17) is 16.1 Å². The van der Waals surface area contributed by atoms with Crippen LogP contribution in [0.2, 0.25) is 5.02 Å². The summed E-state index contributed by atoms with van der Waals surface area (Å²) in [6, 6.07) is 4.40. The Morgan fingerprint density at radius 1 is 1.25 bits per heavy atom.